The lowest BCUT2D eigenvalue weighted by Crippen LogP contribution is -2.11. The predicted molar refractivity (Wildman–Crippen MR) is 88.5 cm³/mol. The monoisotopic (exact) mass is 306 g/mol. The lowest BCUT2D eigenvalue weighted by Gasteiger charge is -2.16. The van der Waals surface area contributed by atoms with E-state index in [0.29, 0.717) is 18.3 Å². The van der Waals surface area contributed by atoms with Crippen LogP contribution in [0.1, 0.15) is 39.5 Å². The molecule has 3 heteroatoms. The van der Waals surface area contributed by atoms with Gasteiger partial charge in [0.25, 0.3) is 0 Å². The van der Waals surface area contributed by atoms with Gasteiger partial charge < -0.3 is 4.74 Å². The second kappa shape index (κ2) is 8.18. The molecule has 1 atom stereocenters. The topological polar surface area (TPSA) is 9.23 Å². The van der Waals surface area contributed by atoms with Crippen LogP contribution in [0.3, 0.4) is 0 Å². The number of benzene rings is 1. The first-order valence-electron chi connectivity index (χ1n) is 7.70. The van der Waals surface area contributed by atoms with Crippen molar-refractivity contribution in [2.24, 2.45) is 5.92 Å². The van der Waals surface area contributed by atoms with Crippen molar-refractivity contribution in [2.45, 2.75) is 39.5 Å². The van der Waals surface area contributed by atoms with Crippen LogP contribution in [0.4, 0.5) is 4.39 Å². The zero-order chi connectivity index (χ0) is 15.1. The highest BCUT2D eigenvalue weighted by Gasteiger charge is 2.10. The number of hydrogen-bond acceptors (Lipinski definition) is 2. The van der Waals surface area contributed by atoms with Crippen LogP contribution >= 0.6 is 11.3 Å². The molecule has 0 fully saturated rings. The zero-order valence-electron chi connectivity index (χ0n) is 12.8. The normalized spacial score (nSPS) is 12.3. The van der Waals surface area contributed by atoms with Gasteiger partial charge in [-0.25, -0.2) is 4.39 Å². The number of rotatable bonds is 8. The van der Waals surface area contributed by atoms with Gasteiger partial charge in [0.05, 0.1) is 6.61 Å². The minimum atomic E-state index is -0.272. The van der Waals surface area contributed by atoms with E-state index in [1.807, 2.05) is 23.6 Å². The van der Waals surface area contributed by atoms with E-state index in [2.05, 4.69) is 13.8 Å². The molecular formula is C18H23FOS. The third-order valence-electron chi connectivity index (χ3n) is 3.76. The Morgan fingerprint density at radius 1 is 1.24 bits per heavy atom. The Labute approximate surface area is 130 Å². The van der Waals surface area contributed by atoms with Crippen molar-refractivity contribution in [1.82, 2.24) is 0 Å². The van der Waals surface area contributed by atoms with E-state index in [4.69, 9.17) is 4.74 Å². The maximum atomic E-state index is 14.1. The Morgan fingerprint density at radius 3 is 2.71 bits per heavy atom. The lowest BCUT2D eigenvalue weighted by atomic mass is 10.0. The van der Waals surface area contributed by atoms with Crippen molar-refractivity contribution in [3.8, 4) is 16.2 Å². The van der Waals surface area contributed by atoms with Gasteiger partial charge in [0.1, 0.15) is 0 Å². The summed E-state index contributed by atoms with van der Waals surface area (Å²) in [6.07, 6.45) is 4.64. The summed E-state index contributed by atoms with van der Waals surface area (Å²) in [7, 11) is 0. The van der Waals surface area contributed by atoms with Gasteiger partial charge in [-0.3, -0.25) is 0 Å². The summed E-state index contributed by atoms with van der Waals surface area (Å²) in [6, 6.07) is 9.21. The summed E-state index contributed by atoms with van der Waals surface area (Å²) in [4.78, 5) is 1.08. The molecule has 1 aromatic carbocycles. The van der Waals surface area contributed by atoms with Crippen molar-refractivity contribution < 1.29 is 9.13 Å². The van der Waals surface area contributed by atoms with Gasteiger partial charge in [-0.1, -0.05) is 39.2 Å². The Kier molecular flexibility index (Phi) is 6.24. The molecule has 0 aliphatic heterocycles. The fraction of sp³-hybridized carbons (Fsp3) is 0.444. The van der Waals surface area contributed by atoms with Gasteiger partial charge in [0, 0.05) is 4.88 Å². The van der Waals surface area contributed by atoms with Crippen LogP contribution in [0.25, 0.3) is 10.4 Å². The maximum Gasteiger partial charge on any atom is 0.165 e. The summed E-state index contributed by atoms with van der Waals surface area (Å²) in [5, 5.41) is 2.00. The molecule has 1 aromatic heterocycles. The van der Waals surface area contributed by atoms with Crippen LogP contribution in [0.15, 0.2) is 35.7 Å². The highest BCUT2D eigenvalue weighted by molar-refractivity contribution is 7.13. The molecule has 0 saturated carbocycles. The number of unbranched alkanes of at least 4 members (excludes halogenated alkanes) is 1. The van der Waals surface area contributed by atoms with E-state index in [0.717, 1.165) is 23.3 Å². The smallest absolute Gasteiger partial charge is 0.165 e. The molecule has 0 amide bonds. The van der Waals surface area contributed by atoms with Crippen LogP contribution in [-0.4, -0.2) is 6.61 Å². The van der Waals surface area contributed by atoms with Crippen LogP contribution in [-0.2, 0) is 0 Å². The van der Waals surface area contributed by atoms with Crippen molar-refractivity contribution in [3.63, 3.8) is 0 Å². The molecule has 0 N–H and O–H groups in total. The Balaban J connectivity index is 1.97. The molecule has 1 unspecified atom stereocenters. The average Bonchev–Trinajstić information content (AvgIpc) is 3.03. The standard InChI is InChI=1S/C18H23FOS/c1-3-5-7-14(4-2)13-20-17-10-9-15(12-16(17)19)18-8-6-11-21-18/h6,8-12,14H,3-5,7,13H2,1-2H3. The number of thiophene rings is 1. The summed E-state index contributed by atoms with van der Waals surface area (Å²) in [5.74, 6) is 0.609. The third kappa shape index (κ3) is 4.57. The van der Waals surface area contributed by atoms with Gasteiger partial charge in [-0.05, 0) is 47.5 Å². The van der Waals surface area contributed by atoms with Gasteiger partial charge in [0.15, 0.2) is 11.6 Å². The quantitative estimate of drug-likeness (QED) is 0.568. The number of halogens is 1. The van der Waals surface area contributed by atoms with Gasteiger partial charge >= 0.3 is 0 Å². The molecular weight excluding hydrogens is 283 g/mol. The van der Waals surface area contributed by atoms with Gasteiger partial charge in [-0.2, -0.15) is 0 Å². The zero-order valence-corrected chi connectivity index (χ0v) is 13.6. The molecule has 2 rings (SSSR count). The number of ether oxygens (including phenoxy) is 1. The highest BCUT2D eigenvalue weighted by Crippen LogP contribution is 2.29. The molecule has 0 aliphatic rings. The van der Waals surface area contributed by atoms with Crippen LogP contribution in [0.2, 0.25) is 0 Å². The van der Waals surface area contributed by atoms with Crippen molar-refractivity contribution in [1.29, 1.82) is 0 Å². The van der Waals surface area contributed by atoms with E-state index in [1.165, 1.54) is 12.8 Å². The second-order valence-electron chi connectivity index (χ2n) is 5.35. The molecule has 1 heterocycles. The lowest BCUT2D eigenvalue weighted by molar-refractivity contribution is 0.225. The Bertz CT molecular complexity index is 536. The largest absolute Gasteiger partial charge is 0.490 e. The molecule has 0 radical (unpaired) electrons. The molecule has 0 aliphatic carbocycles. The fourth-order valence-electron chi connectivity index (χ4n) is 2.32. The maximum absolute atomic E-state index is 14.1. The first-order chi connectivity index (χ1) is 10.2. The SMILES string of the molecule is CCCCC(CC)COc1ccc(-c2cccs2)cc1F. The van der Waals surface area contributed by atoms with Crippen molar-refractivity contribution in [2.75, 3.05) is 6.61 Å². The van der Waals surface area contributed by atoms with E-state index < -0.39 is 0 Å². The second-order valence-corrected chi connectivity index (χ2v) is 6.30. The first-order valence-corrected chi connectivity index (χ1v) is 8.58. The van der Waals surface area contributed by atoms with Gasteiger partial charge in [0.2, 0.25) is 0 Å². The van der Waals surface area contributed by atoms with Gasteiger partial charge in [-0.15, -0.1) is 11.3 Å². The van der Waals surface area contributed by atoms with Crippen molar-refractivity contribution >= 4 is 11.3 Å². The van der Waals surface area contributed by atoms with Crippen LogP contribution in [0.5, 0.6) is 5.75 Å². The fourth-order valence-corrected chi connectivity index (χ4v) is 3.04. The van der Waals surface area contributed by atoms with E-state index >= 15 is 0 Å². The van der Waals surface area contributed by atoms with E-state index in [-0.39, 0.29) is 5.82 Å². The molecule has 0 bridgehead atoms. The summed E-state index contributed by atoms with van der Waals surface area (Å²) < 4.78 is 19.8. The van der Waals surface area contributed by atoms with E-state index in [1.54, 1.807) is 23.5 Å². The molecule has 2 aromatic rings. The first kappa shape index (κ1) is 16.0. The highest BCUT2D eigenvalue weighted by atomic mass is 32.1. The summed E-state index contributed by atoms with van der Waals surface area (Å²) >= 11 is 1.61. The van der Waals surface area contributed by atoms with Crippen LogP contribution in [0, 0.1) is 11.7 Å². The molecule has 0 saturated heterocycles. The number of hydrogen-bond donors (Lipinski definition) is 0. The van der Waals surface area contributed by atoms with Crippen molar-refractivity contribution in [3.05, 3.63) is 41.5 Å². The predicted octanol–water partition coefficient (Wildman–Crippen LogP) is 6.15. The summed E-state index contributed by atoms with van der Waals surface area (Å²) in [5.41, 5.74) is 0.910. The molecule has 0 spiro atoms. The molecule has 21 heavy (non-hydrogen) atoms. The molecule has 114 valence electrons. The van der Waals surface area contributed by atoms with Crippen LogP contribution < -0.4 is 4.74 Å². The Morgan fingerprint density at radius 2 is 2.10 bits per heavy atom. The minimum absolute atomic E-state index is 0.272. The summed E-state index contributed by atoms with van der Waals surface area (Å²) in [6.45, 7) is 4.96. The minimum Gasteiger partial charge on any atom is -0.490 e. The van der Waals surface area contributed by atoms with E-state index in [9.17, 15) is 4.39 Å². The average molecular weight is 306 g/mol. The third-order valence-corrected chi connectivity index (χ3v) is 4.67. The molecule has 1 nitrogen and oxygen atoms in total. The Hall–Kier alpha value is -1.35.